The van der Waals surface area contributed by atoms with Gasteiger partial charge in [0.15, 0.2) is 0 Å². The van der Waals surface area contributed by atoms with Crippen molar-refractivity contribution in [3.8, 4) is 0 Å². The molecule has 2 rings (SSSR count). The number of halogens is 2. The van der Waals surface area contributed by atoms with Gasteiger partial charge in [-0.15, -0.1) is 0 Å². The van der Waals surface area contributed by atoms with E-state index in [9.17, 15) is 14.3 Å². The normalized spacial score (nSPS) is 18.8. The number of carbonyl (C=O) groups is 1. The number of carboxylic acid groups (broad SMARTS) is 1. The molecule has 1 fully saturated rings. The van der Waals surface area contributed by atoms with Crippen LogP contribution in [0.15, 0.2) is 18.2 Å². The van der Waals surface area contributed by atoms with E-state index in [1.807, 2.05) is 0 Å². The zero-order chi connectivity index (χ0) is 13.9. The highest BCUT2D eigenvalue weighted by Crippen LogP contribution is 2.39. The fourth-order valence-corrected chi connectivity index (χ4v) is 3.06. The van der Waals surface area contributed by atoms with Crippen molar-refractivity contribution in [2.45, 2.75) is 44.9 Å². The summed E-state index contributed by atoms with van der Waals surface area (Å²) in [5.74, 6) is -1.21. The first-order chi connectivity index (χ1) is 9.03. The number of hydrogen-bond acceptors (Lipinski definition) is 1. The third-order valence-electron chi connectivity index (χ3n) is 4.06. The fourth-order valence-electron chi connectivity index (χ4n) is 2.90. The molecule has 1 aliphatic rings. The van der Waals surface area contributed by atoms with Crippen LogP contribution in [0.4, 0.5) is 4.39 Å². The van der Waals surface area contributed by atoms with Crippen molar-refractivity contribution in [3.05, 3.63) is 34.6 Å². The predicted octanol–water partition coefficient (Wildman–Crippen LogP) is 4.45. The Bertz CT molecular complexity index is 465. The second kappa shape index (κ2) is 5.91. The first-order valence-electron chi connectivity index (χ1n) is 6.71. The summed E-state index contributed by atoms with van der Waals surface area (Å²) in [5, 5.41) is 9.91. The molecule has 1 aliphatic carbocycles. The van der Waals surface area contributed by atoms with Gasteiger partial charge in [-0.05, 0) is 37.0 Å². The Hall–Kier alpha value is -1.09. The Morgan fingerprint density at radius 1 is 1.26 bits per heavy atom. The third kappa shape index (κ3) is 3.27. The Kier molecular flexibility index (Phi) is 4.46. The van der Waals surface area contributed by atoms with Gasteiger partial charge in [-0.1, -0.05) is 43.4 Å². The van der Waals surface area contributed by atoms with Gasteiger partial charge in [-0.3, -0.25) is 4.79 Å². The highest BCUT2D eigenvalue weighted by molar-refractivity contribution is 6.30. The Morgan fingerprint density at radius 2 is 1.89 bits per heavy atom. The number of aliphatic carboxylic acids is 1. The molecule has 1 N–H and O–H groups in total. The van der Waals surface area contributed by atoms with Gasteiger partial charge in [0.2, 0.25) is 0 Å². The van der Waals surface area contributed by atoms with Crippen LogP contribution in [-0.4, -0.2) is 11.1 Å². The molecule has 2 nitrogen and oxygen atoms in total. The molecule has 0 saturated heterocycles. The summed E-state index contributed by atoms with van der Waals surface area (Å²) in [5.41, 5.74) is -0.362. The predicted molar refractivity (Wildman–Crippen MR) is 72.9 cm³/mol. The van der Waals surface area contributed by atoms with Gasteiger partial charge in [0, 0.05) is 5.02 Å². The lowest BCUT2D eigenvalue weighted by Gasteiger charge is -2.28. The molecule has 0 radical (unpaired) electrons. The molecule has 0 heterocycles. The molecule has 4 heteroatoms. The summed E-state index contributed by atoms with van der Waals surface area (Å²) in [7, 11) is 0. The van der Waals surface area contributed by atoms with E-state index in [-0.39, 0.29) is 6.42 Å². The van der Waals surface area contributed by atoms with Crippen LogP contribution >= 0.6 is 11.6 Å². The Labute approximate surface area is 117 Å². The first-order valence-corrected chi connectivity index (χ1v) is 7.09. The van der Waals surface area contributed by atoms with E-state index in [2.05, 4.69) is 0 Å². The highest BCUT2D eigenvalue weighted by Gasteiger charge is 2.39. The number of rotatable bonds is 3. The average Bonchev–Trinajstić information content (AvgIpc) is 2.59. The maximum atomic E-state index is 13.9. The van der Waals surface area contributed by atoms with E-state index >= 15 is 0 Å². The second-order valence-corrected chi connectivity index (χ2v) is 5.85. The molecule has 104 valence electrons. The van der Waals surface area contributed by atoms with Crippen LogP contribution in [0.2, 0.25) is 5.02 Å². The van der Waals surface area contributed by atoms with Crippen LogP contribution in [0.3, 0.4) is 0 Å². The van der Waals surface area contributed by atoms with Gasteiger partial charge >= 0.3 is 5.97 Å². The van der Waals surface area contributed by atoms with Gasteiger partial charge < -0.3 is 5.11 Å². The third-order valence-corrected chi connectivity index (χ3v) is 4.29. The molecule has 0 unspecified atom stereocenters. The summed E-state index contributed by atoms with van der Waals surface area (Å²) in [4.78, 5) is 11.7. The van der Waals surface area contributed by atoms with Crippen molar-refractivity contribution in [1.29, 1.82) is 0 Å². The van der Waals surface area contributed by atoms with Crippen molar-refractivity contribution >= 4 is 17.6 Å². The van der Waals surface area contributed by atoms with Crippen molar-refractivity contribution in [1.82, 2.24) is 0 Å². The molecule has 1 aromatic rings. The smallest absolute Gasteiger partial charge is 0.309 e. The van der Waals surface area contributed by atoms with Crippen LogP contribution in [0.5, 0.6) is 0 Å². The van der Waals surface area contributed by atoms with Crippen molar-refractivity contribution < 1.29 is 14.3 Å². The van der Waals surface area contributed by atoms with Gasteiger partial charge in [0.1, 0.15) is 5.82 Å². The molecule has 0 amide bonds. The average molecular weight is 285 g/mol. The Balaban J connectivity index is 2.27. The minimum atomic E-state index is -0.814. The zero-order valence-electron chi connectivity index (χ0n) is 10.8. The van der Waals surface area contributed by atoms with E-state index in [1.165, 1.54) is 6.07 Å². The van der Waals surface area contributed by atoms with Crippen LogP contribution in [0.25, 0.3) is 0 Å². The van der Waals surface area contributed by atoms with Crippen molar-refractivity contribution in [2.24, 2.45) is 5.41 Å². The quantitative estimate of drug-likeness (QED) is 0.833. The lowest BCUT2D eigenvalue weighted by molar-refractivity contribution is -0.149. The number of benzene rings is 1. The van der Waals surface area contributed by atoms with Crippen molar-refractivity contribution in [3.63, 3.8) is 0 Å². The molecule has 0 bridgehead atoms. The van der Waals surface area contributed by atoms with Crippen LogP contribution in [0, 0.1) is 11.2 Å². The van der Waals surface area contributed by atoms with Gasteiger partial charge in [-0.2, -0.15) is 0 Å². The molecule has 0 aromatic heterocycles. The lowest BCUT2D eigenvalue weighted by atomic mass is 9.75. The van der Waals surface area contributed by atoms with Crippen LogP contribution in [-0.2, 0) is 11.2 Å². The SMILES string of the molecule is O=C(O)C1(Cc2ccc(Cl)cc2F)CCCCCC1. The van der Waals surface area contributed by atoms with Crippen molar-refractivity contribution in [2.75, 3.05) is 0 Å². The number of carboxylic acids is 1. The molecule has 0 spiro atoms. The van der Waals surface area contributed by atoms with E-state index in [1.54, 1.807) is 12.1 Å². The topological polar surface area (TPSA) is 37.3 Å². The summed E-state index contributed by atoms with van der Waals surface area (Å²) in [6, 6.07) is 4.47. The molecule has 0 aliphatic heterocycles. The minimum Gasteiger partial charge on any atom is -0.481 e. The lowest BCUT2D eigenvalue weighted by Crippen LogP contribution is -2.33. The maximum Gasteiger partial charge on any atom is 0.309 e. The van der Waals surface area contributed by atoms with Gasteiger partial charge in [0.05, 0.1) is 5.41 Å². The fraction of sp³-hybridized carbons (Fsp3) is 0.533. The maximum absolute atomic E-state index is 13.9. The molecular formula is C15H18ClFO2. The molecule has 1 saturated carbocycles. The molecular weight excluding hydrogens is 267 g/mol. The molecule has 19 heavy (non-hydrogen) atoms. The highest BCUT2D eigenvalue weighted by atomic mass is 35.5. The molecule has 1 aromatic carbocycles. The second-order valence-electron chi connectivity index (χ2n) is 5.41. The molecule has 0 atom stereocenters. The monoisotopic (exact) mass is 284 g/mol. The summed E-state index contributed by atoms with van der Waals surface area (Å²) in [6.07, 6.45) is 5.46. The standard InChI is InChI=1S/C15H18ClFO2/c16-12-6-5-11(13(17)9-12)10-15(14(18)19)7-3-1-2-4-8-15/h5-6,9H,1-4,7-8,10H2,(H,18,19). The Morgan fingerprint density at radius 3 is 2.42 bits per heavy atom. The summed E-state index contributed by atoms with van der Waals surface area (Å²) < 4.78 is 13.9. The number of hydrogen-bond donors (Lipinski definition) is 1. The van der Waals surface area contributed by atoms with Crippen LogP contribution < -0.4 is 0 Å². The summed E-state index contributed by atoms with van der Waals surface area (Å²) in [6.45, 7) is 0. The van der Waals surface area contributed by atoms with E-state index in [0.717, 1.165) is 25.7 Å². The van der Waals surface area contributed by atoms with E-state index < -0.39 is 17.2 Å². The zero-order valence-corrected chi connectivity index (χ0v) is 11.5. The first kappa shape index (κ1) is 14.3. The van der Waals surface area contributed by atoms with Crippen LogP contribution in [0.1, 0.15) is 44.1 Å². The van der Waals surface area contributed by atoms with Gasteiger partial charge in [0.25, 0.3) is 0 Å². The minimum absolute atomic E-state index is 0.255. The largest absolute Gasteiger partial charge is 0.481 e. The van der Waals surface area contributed by atoms with Gasteiger partial charge in [-0.25, -0.2) is 4.39 Å². The summed E-state index contributed by atoms with van der Waals surface area (Å²) >= 11 is 5.73. The van der Waals surface area contributed by atoms with E-state index in [0.29, 0.717) is 23.4 Å². The van der Waals surface area contributed by atoms with E-state index in [4.69, 9.17) is 11.6 Å².